The molecular formula is C11H12FN3O. The van der Waals surface area contributed by atoms with Crippen molar-refractivity contribution in [2.45, 2.75) is 20.0 Å². The Kier molecular flexibility index (Phi) is 2.96. The molecule has 0 spiro atoms. The molecule has 0 aliphatic heterocycles. The first kappa shape index (κ1) is 10.8. The summed E-state index contributed by atoms with van der Waals surface area (Å²) in [5, 5.41) is 16.8. The Morgan fingerprint density at radius 3 is 2.88 bits per heavy atom. The lowest BCUT2D eigenvalue weighted by Gasteiger charge is -2.05. The standard InChI is InChI=1S/C11H12FN3O/c1-2-11-10(7-16)13-14-15(11)9-5-3-4-8(12)6-9/h3-6,16H,2,7H2,1H3. The van der Waals surface area contributed by atoms with Gasteiger partial charge < -0.3 is 5.11 Å². The van der Waals surface area contributed by atoms with Crippen LogP contribution in [0, 0.1) is 5.82 Å². The highest BCUT2D eigenvalue weighted by Crippen LogP contribution is 2.14. The SMILES string of the molecule is CCc1c(CO)nnn1-c1cccc(F)c1. The predicted molar refractivity (Wildman–Crippen MR) is 56.6 cm³/mol. The number of aliphatic hydroxyl groups excluding tert-OH is 1. The normalized spacial score (nSPS) is 10.7. The van der Waals surface area contributed by atoms with Crippen molar-refractivity contribution in [2.75, 3.05) is 0 Å². The molecule has 84 valence electrons. The third-order valence-electron chi connectivity index (χ3n) is 2.38. The van der Waals surface area contributed by atoms with Crippen molar-refractivity contribution in [2.24, 2.45) is 0 Å². The second-order valence-corrected chi connectivity index (χ2v) is 3.39. The van der Waals surface area contributed by atoms with Gasteiger partial charge in [-0.15, -0.1) is 5.10 Å². The molecule has 1 aromatic carbocycles. The predicted octanol–water partition coefficient (Wildman–Crippen LogP) is 1.46. The fourth-order valence-electron chi connectivity index (χ4n) is 1.62. The van der Waals surface area contributed by atoms with Gasteiger partial charge in [0, 0.05) is 0 Å². The summed E-state index contributed by atoms with van der Waals surface area (Å²) in [6, 6.07) is 6.12. The smallest absolute Gasteiger partial charge is 0.125 e. The molecule has 4 nitrogen and oxygen atoms in total. The van der Waals surface area contributed by atoms with Crippen LogP contribution in [0.1, 0.15) is 18.3 Å². The third kappa shape index (κ3) is 1.81. The van der Waals surface area contributed by atoms with E-state index in [1.54, 1.807) is 16.8 Å². The van der Waals surface area contributed by atoms with Crippen LogP contribution in [0.4, 0.5) is 4.39 Å². The third-order valence-corrected chi connectivity index (χ3v) is 2.38. The number of nitrogens with zero attached hydrogens (tertiary/aromatic N) is 3. The summed E-state index contributed by atoms with van der Waals surface area (Å²) in [5.41, 5.74) is 1.95. The van der Waals surface area contributed by atoms with Crippen LogP contribution in [0.3, 0.4) is 0 Å². The van der Waals surface area contributed by atoms with E-state index in [4.69, 9.17) is 5.11 Å². The van der Waals surface area contributed by atoms with Gasteiger partial charge in [0.15, 0.2) is 0 Å². The lowest BCUT2D eigenvalue weighted by Crippen LogP contribution is -2.03. The molecule has 2 aromatic rings. The van der Waals surface area contributed by atoms with Crippen molar-refractivity contribution in [3.8, 4) is 5.69 Å². The number of hydrogen-bond acceptors (Lipinski definition) is 3. The lowest BCUT2D eigenvalue weighted by atomic mass is 10.2. The number of aliphatic hydroxyl groups is 1. The molecule has 0 fully saturated rings. The maximum Gasteiger partial charge on any atom is 0.125 e. The number of rotatable bonds is 3. The Bertz CT molecular complexity index is 496. The van der Waals surface area contributed by atoms with E-state index >= 15 is 0 Å². The number of aromatic nitrogens is 3. The first-order valence-electron chi connectivity index (χ1n) is 5.06. The summed E-state index contributed by atoms with van der Waals surface area (Å²) in [6.45, 7) is 1.78. The number of hydrogen-bond donors (Lipinski definition) is 1. The molecular weight excluding hydrogens is 209 g/mol. The second-order valence-electron chi connectivity index (χ2n) is 3.39. The Labute approximate surface area is 92.3 Å². The molecule has 1 N–H and O–H groups in total. The van der Waals surface area contributed by atoms with Crippen LogP contribution >= 0.6 is 0 Å². The lowest BCUT2D eigenvalue weighted by molar-refractivity contribution is 0.275. The molecule has 2 rings (SSSR count). The Morgan fingerprint density at radius 1 is 1.44 bits per heavy atom. The van der Waals surface area contributed by atoms with Gasteiger partial charge in [-0.3, -0.25) is 0 Å². The fourth-order valence-corrected chi connectivity index (χ4v) is 1.62. The first-order chi connectivity index (χ1) is 7.76. The highest BCUT2D eigenvalue weighted by molar-refractivity contribution is 5.33. The van der Waals surface area contributed by atoms with Gasteiger partial charge >= 0.3 is 0 Å². The van der Waals surface area contributed by atoms with E-state index in [0.29, 0.717) is 17.8 Å². The molecule has 0 saturated heterocycles. The van der Waals surface area contributed by atoms with Crippen LogP contribution in [0.25, 0.3) is 5.69 Å². The molecule has 0 radical (unpaired) electrons. The summed E-state index contributed by atoms with van der Waals surface area (Å²) in [5.74, 6) is -0.319. The van der Waals surface area contributed by atoms with Gasteiger partial charge in [-0.25, -0.2) is 9.07 Å². The molecule has 0 amide bonds. The van der Waals surface area contributed by atoms with Crippen LogP contribution in [0.2, 0.25) is 0 Å². The minimum Gasteiger partial charge on any atom is -0.390 e. The van der Waals surface area contributed by atoms with Crippen molar-refractivity contribution >= 4 is 0 Å². The minimum absolute atomic E-state index is 0.154. The van der Waals surface area contributed by atoms with E-state index in [2.05, 4.69) is 10.3 Å². The average Bonchev–Trinajstić information content (AvgIpc) is 2.71. The maximum atomic E-state index is 13.1. The molecule has 0 atom stereocenters. The van der Waals surface area contributed by atoms with E-state index in [1.165, 1.54) is 12.1 Å². The zero-order chi connectivity index (χ0) is 11.5. The second kappa shape index (κ2) is 4.40. The summed E-state index contributed by atoms with van der Waals surface area (Å²) >= 11 is 0. The monoisotopic (exact) mass is 221 g/mol. The van der Waals surface area contributed by atoms with Crippen LogP contribution < -0.4 is 0 Å². The first-order valence-corrected chi connectivity index (χ1v) is 5.06. The van der Waals surface area contributed by atoms with Crippen molar-refractivity contribution in [1.29, 1.82) is 0 Å². The molecule has 1 aromatic heterocycles. The minimum atomic E-state index is -0.319. The summed E-state index contributed by atoms with van der Waals surface area (Å²) in [6.07, 6.45) is 0.680. The highest BCUT2D eigenvalue weighted by atomic mass is 19.1. The van der Waals surface area contributed by atoms with Crippen molar-refractivity contribution in [3.63, 3.8) is 0 Å². The topological polar surface area (TPSA) is 50.9 Å². The Balaban J connectivity index is 2.51. The fraction of sp³-hybridized carbons (Fsp3) is 0.273. The van der Waals surface area contributed by atoms with Gasteiger partial charge in [-0.1, -0.05) is 18.2 Å². The van der Waals surface area contributed by atoms with Crippen molar-refractivity contribution < 1.29 is 9.50 Å². The number of benzene rings is 1. The molecule has 1 heterocycles. The van der Waals surface area contributed by atoms with Crippen molar-refractivity contribution in [1.82, 2.24) is 15.0 Å². The summed E-state index contributed by atoms with van der Waals surface area (Å²) in [4.78, 5) is 0. The molecule has 0 unspecified atom stereocenters. The van der Waals surface area contributed by atoms with Crippen LogP contribution in [-0.4, -0.2) is 20.1 Å². The van der Waals surface area contributed by atoms with Crippen LogP contribution in [-0.2, 0) is 13.0 Å². The zero-order valence-electron chi connectivity index (χ0n) is 8.89. The number of halogens is 1. The molecule has 5 heteroatoms. The molecule has 0 saturated carbocycles. The van der Waals surface area contributed by atoms with Crippen molar-refractivity contribution in [3.05, 3.63) is 41.5 Å². The zero-order valence-corrected chi connectivity index (χ0v) is 8.89. The molecule has 0 bridgehead atoms. The van der Waals surface area contributed by atoms with Gasteiger partial charge in [-0.05, 0) is 24.6 Å². The van der Waals surface area contributed by atoms with Gasteiger partial charge in [-0.2, -0.15) is 0 Å². The average molecular weight is 221 g/mol. The summed E-state index contributed by atoms with van der Waals surface area (Å²) < 4.78 is 14.6. The van der Waals surface area contributed by atoms with E-state index in [-0.39, 0.29) is 12.4 Å². The Morgan fingerprint density at radius 2 is 2.25 bits per heavy atom. The molecule has 0 aliphatic carbocycles. The highest BCUT2D eigenvalue weighted by Gasteiger charge is 2.11. The summed E-state index contributed by atoms with van der Waals surface area (Å²) in [7, 11) is 0. The Hall–Kier alpha value is -1.75. The van der Waals surface area contributed by atoms with E-state index < -0.39 is 0 Å². The maximum absolute atomic E-state index is 13.1. The van der Waals surface area contributed by atoms with E-state index in [0.717, 1.165) is 5.69 Å². The van der Waals surface area contributed by atoms with Gasteiger partial charge in [0.05, 0.1) is 18.0 Å². The van der Waals surface area contributed by atoms with E-state index in [1.807, 2.05) is 6.92 Å². The van der Waals surface area contributed by atoms with Gasteiger partial charge in [0.25, 0.3) is 0 Å². The van der Waals surface area contributed by atoms with E-state index in [9.17, 15) is 4.39 Å². The van der Waals surface area contributed by atoms with Gasteiger partial charge in [0.1, 0.15) is 11.5 Å². The molecule has 16 heavy (non-hydrogen) atoms. The van der Waals surface area contributed by atoms with Gasteiger partial charge in [0.2, 0.25) is 0 Å². The quantitative estimate of drug-likeness (QED) is 0.853. The van der Waals surface area contributed by atoms with Crippen LogP contribution in [0.15, 0.2) is 24.3 Å². The molecule has 0 aliphatic rings. The largest absolute Gasteiger partial charge is 0.390 e. The van der Waals surface area contributed by atoms with Crippen LogP contribution in [0.5, 0.6) is 0 Å².